The molecule has 2 aliphatic carbocycles. The summed E-state index contributed by atoms with van der Waals surface area (Å²) < 4.78 is 93.4. The Morgan fingerprint density at radius 3 is 1.50 bits per heavy atom. The summed E-state index contributed by atoms with van der Waals surface area (Å²) in [5, 5.41) is 17.7. The average Bonchev–Trinajstić information content (AvgIpc) is 3.87. The fourth-order valence-electron chi connectivity index (χ4n) is 4.43. The van der Waals surface area contributed by atoms with E-state index in [2.05, 4.69) is 35.7 Å². The number of aromatic nitrogens is 2. The second-order valence-electron chi connectivity index (χ2n) is 9.68. The molecule has 2 aliphatic rings. The zero-order valence-corrected chi connectivity index (χ0v) is 23.2. The molecule has 1 N–H and O–H groups in total. The van der Waals surface area contributed by atoms with E-state index in [9.17, 15) is 31.4 Å². The molecule has 2 heterocycles. The Labute approximate surface area is 243 Å². The Bertz CT molecular complexity index is 1410. The number of hydrogen-bond acceptors (Lipinski definition) is 7. The largest absolute Gasteiger partial charge is 0.573 e. The number of alkyl halides is 7. The SMILES string of the molecule is FC(F)(F)Oc1ccccc1-c1noc(C2CC2)c1CBr.OCc1c(-c2ccccc2OC(F)(F)F)noc1C1CC1. The first-order valence-electron chi connectivity index (χ1n) is 12.8. The number of halogens is 7. The van der Waals surface area contributed by atoms with Crippen LogP contribution >= 0.6 is 15.9 Å². The Morgan fingerprint density at radius 1 is 0.714 bits per heavy atom. The van der Waals surface area contributed by atoms with E-state index >= 15 is 0 Å². The van der Waals surface area contributed by atoms with Gasteiger partial charge in [-0.25, -0.2) is 0 Å². The minimum absolute atomic E-state index is 0.148. The lowest BCUT2D eigenvalue weighted by molar-refractivity contribution is -0.275. The monoisotopic (exact) mass is 660 g/mol. The van der Waals surface area contributed by atoms with Crippen LogP contribution in [0.3, 0.4) is 0 Å². The summed E-state index contributed by atoms with van der Waals surface area (Å²) in [7, 11) is 0. The van der Waals surface area contributed by atoms with Gasteiger partial charge in [-0.2, -0.15) is 0 Å². The average molecular weight is 661 g/mol. The summed E-state index contributed by atoms with van der Waals surface area (Å²) in [6.07, 6.45) is -5.62. The highest BCUT2D eigenvalue weighted by molar-refractivity contribution is 9.08. The van der Waals surface area contributed by atoms with Crippen LogP contribution < -0.4 is 9.47 Å². The lowest BCUT2D eigenvalue weighted by Gasteiger charge is -2.12. The predicted molar refractivity (Wildman–Crippen MR) is 140 cm³/mol. The second kappa shape index (κ2) is 12.0. The fourth-order valence-corrected chi connectivity index (χ4v) is 4.98. The Balaban J connectivity index is 0.000000168. The van der Waals surface area contributed by atoms with Gasteiger partial charge in [-0.3, -0.25) is 0 Å². The van der Waals surface area contributed by atoms with Crippen LogP contribution in [0.25, 0.3) is 22.5 Å². The van der Waals surface area contributed by atoms with Crippen molar-refractivity contribution in [2.45, 2.75) is 62.2 Å². The van der Waals surface area contributed by atoms with E-state index in [0.29, 0.717) is 28.3 Å². The van der Waals surface area contributed by atoms with E-state index in [1.165, 1.54) is 30.3 Å². The van der Waals surface area contributed by atoms with E-state index in [4.69, 9.17) is 9.05 Å². The quantitative estimate of drug-likeness (QED) is 0.149. The van der Waals surface area contributed by atoms with E-state index in [1.807, 2.05) is 0 Å². The number of rotatable bonds is 8. The number of para-hydroxylation sites is 2. The molecule has 6 rings (SSSR count). The van der Waals surface area contributed by atoms with Crippen molar-refractivity contribution in [2.24, 2.45) is 0 Å². The van der Waals surface area contributed by atoms with Gasteiger partial charge in [0.25, 0.3) is 0 Å². The van der Waals surface area contributed by atoms with Gasteiger partial charge >= 0.3 is 12.7 Å². The van der Waals surface area contributed by atoms with Crippen LogP contribution in [0.4, 0.5) is 26.3 Å². The number of hydrogen-bond donors (Lipinski definition) is 1. The van der Waals surface area contributed by atoms with Crippen molar-refractivity contribution < 1.29 is 50.0 Å². The van der Waals surface area contributed by atoms with Crippen molar-refractivity contribution in [1.29, 1.82) is 0 Å². The zero-order chi connectivity index (χ0) is 30.1. The minimum atomic E-state index is -4.79. The van der Waals surface area contributed by atoms with Crippen LogP contribution in [0.1, 0.15) is 60.2 Å². The maximum Gasteiger partial charge on any atom is 0.573 e. The summed E-state index contributed by atoms with van der Waals surface area (Å²) in [5.74, 6) is 1.19. The molecule has 0 atom stereocenters. The highest BCUT2D eigenvalue weighted by Gasteiger charge is 2.36. The molecule has 0 unspecified atom stereocenters. The van der Waals surface area contributed by atoms with Crippen molar-refractivity contribution in [3.8, 4) is 34.0 Å². The van der Waals surface area contributed by atoms with E-state index in [-0.39, 0.29) is 40.8 Å². The molecular formula is C28H23BrF6N2O5. The van der Waals surface area contributed by atoms with Gasteiger partial charge in [0.2, 0.25) is 0 Å². The number of benzene rings is 2. The second-order valence-corrected chi connectivity index (χ2v) is 10.2. The Kier molecular flexibility index (Phi) is 8.56. The van der Waals surface area contributed by atoms with Crippen molar-refractivity contribution in [2.75, 3.05) is 0 Å². The van der Waals surface area contributed by atoms with Gasteiger partial charge in [-0.15, -0.1) is 26.3 Å². The van der Waals surface area contributed by atoms with Crippen LogP contribution in [-0.2, 0) is 11.9 Å². The minimum Gasteiger partial charge on any atom is -0.405 e. The first kappa shape index (κ1) is 30.0. The fraction of sp³-hybridized carbons (Fsp3) is 0.357. The van der Waals surface area contributed by atoms with Gasteiger partial charge in [-0.05, 0) is 49.9 Å². The van der Waals surface area contributed by atoms with Gasteiger partial charge < -0.3 is 23.6 Å². The predicted octanol–water partition coefficient (Wildman–Crippen LogP) is 8.62. The summed E-state index contributed by atoms with van der Waals surface area (Å²) in [4.78, 5) is 0. The van der Waals surface area contributed by atoms with Gasteiger partial charge in [0.15, 0.2) is 0 Å². The van der Waals surface area contributed by atoms with E-state index in [1.54, 1.807) is 18.2 Å². The third kappa shape index (κ3) is 7.09. The number of ether oxygens (including phenoxy) is 2. The van der Waals surface area contributed by atoms with Crippen molar-refractivity contribution in [3.63, 3.8) is 0 Å². The van der Waals surface area contributed by atoms with Crippen LogP contribution in [-0.4, -0.2) is 28.1 Å². The van der Waals surface area contributed by atoms with Gasteiger partial charge in [0.1, 0.15) is 34.4 Å². The molecule has 2 saturated carbocycles. The molecule has 2 fully saturated rings. The van der Waals surface area contributed by atoms with Crippen LogP contribution in [0.2, 0.25) is 0 Å². The summed E-state index contributed by atoms with van der Waals surface area (Å²) in [6, 6.07) is 11.6. The lowest BCUT2D eigenvalue weighted by Crippen LogP contribution is -2.17. The smallest absolute Gasteiger partial charge is 0.405 e. The zero-order valence-electron chi connectivity index (χ0n) is 21.6. The Morgan fingerprint density at radius 2 is 1.12 bits per heavy atom. The molecule has 2 aromatic carbocycles. The van der Waals surface area contributed by atoms with Crippen LogP contribution in [0, 0.1) is 0 Å². The highest BCUT2D eigenvalue weighted by atomic mass is 79.9. The standard InChI is InChI=1S/C14H11BrF3NO2.C14H12F3NO3/c15-7-10-12(19-21-13(10)8-5-6-8)9-3-1-2-4-11(9)20-14(16,17)18;15-14(16,17)20-11-4-2-1-3-9(11)12-10(7-19)13(21-18-12)8-5-6-8/h1-4,8H,5-7H2;1-4,8,19H,5-7H2. The molecule has 0 spiro atoms. The number of aliphatic hydroxyl groups excluding tert-OH is 1. The Hall–Kier alpha value is -3.52. The van der Waals surface area contributed by atoms with Crippen molar-refractivity contribution >= 4 is 15.9 Å². The molecule has 14 heteroatoms. The van der Waals surface area contributed by atoms with Crippen LogP contribution in [0.15, 0.2) is 57.6 Å². The molecule has 42 heavy (non-hydrogen) atoms. The first-order chi connectivity index (χ1) is 20.0. The first-order valence-corrected chi connectivity index (χ1v) is 13.9. The third-order valence-electron chi connectivity index (χ3n) is 6.56. The maximum atomic E-state index is 12.5. The van der Waals surface area contributed by atoms with Crippen LogP contribution in [0.5, 0.6) is 11.5 Å². The lowest BCUT2D eigenvalue weighted by atomic mass is 10.0. The summed E-state index contributed by atoms with van der Waals surface area (Å²) in [6.45, 7) is -0.342. The third-order valence-corrected chi connectivity index (χ3v) is 7.12. The van der Waals surface area contributed by atoms with Gasteiger partial charge in [-0.1, -0.05) is 50.5 Å². The van der Waals surface area contributed by atoms with E-state index in [0.717, 1.165) is 37.0 Å². The summed E-state index contributed by atoms with van der Waals surface area (Å²) in [5.41, 5.74) is 2.23. The number of aliphatic hydroxyl groups is 1. The van der Waals surface area contributed by atoms with Crippen molar-refractivity contribution in [1.82, 2.24) is 10.3 Å². The summed E-state index contributed by atoms with van der Waals surface area (Å²) >= 11 is 3.35. The van der Waals surface area contributed by atoms with Gasteiger partial charge in [0.05, 0.1) is 6.61 Å². The molecule has 0 amide bonds. The molecule has 0 aliphatic heterocycles. The molecule has 7 nitrogen and oxygen atoms in total. The van der Waals surface area contributed by atoms with Gasteiger partial charge in [0, 0.05) is 39.4 Å². The molecule has 0 bridgehead atoms. The molecule has 0 saturated heterocycles. The molecule has 0 radical (unpaired) electrons. The molecular weight excluding hydrogens is 638 g/mol. The van der Waals surface area contributed by atoms with Crippen molar-refractivity contribution in [3.05, 3.63) is 71.2 Å². The maximum absolute atomic E-state index is 12.5. The molecule has 2 aromatic heterocycles. The highest BCUT2D eigenvalue weighted by Crippen LogP contribution is 2.47. The topological polar surface area (TPSA) is 90.8 Å². The number of nitrogens with zero attached hydrogens (tertiary/aromatic N) is 2. The molecule has 224 valence electrons. The van der Waals surface area contributed by atoms with E-state index < -0.39 is 12.7 Å². The molecule has 4 aromatic rings. The normalized spacial score (nSPS) is 15.2.